The summed E-state index contributed by atoms with van der Waals surface area (Å²) in [6.07, 6.45) is -77.4. The first-order chi connectivity index (χ1) is 41.8. The van der Waals surface area contributed by atoms with E-state index >= 15 is 0 Å². The Kier molecular flexibility index (Phi) is 25.7. The van der Waals surface area contributed by atoms with Gasteiger partial charge in [0.05, 0.1) is 59.0 Å². The number of ether oxygens (including phenoxy) is 16. The van der Waals surface area contributed by atoms with Gasteiger partial charge in [0, 0.05) is 0 Å². The maximum Gasteiger partial charge on any atom is 0.269 e. The van der Waals surface area contributed by atoms with Gasteiger partial charge in [-0.05, 0) is 6.92 Å². The van der Waals surface area contributed by atoms with Crippen molar-refractivity contribution in [3.63, 3.8) is 0 Å². The van der Waals surface area contributed by atoms with E-state index < -0.39 is 293 Å². The predicted octanol–water partition coefficient (Wildman–Crippen LogP) is -16.8. The van der Waals surface area contributed by atoms with Gasteiger partial charge in [0.15, 0.2) is 44.0 Å². The molecule has 0 radical (unpaired) electrons. The molecule has 18 rings (SSSR count). The van der Waals surface area contributed by atoms with Crippen LogP contribution in [0.1, 0.15) is 6.92 Å². The number of rotatable bonds is 9. The molecule has 0 unspecified atom stereocenters. The molecule has 40 nitrogen and oxygen atoms in total. The Balaban J connectivity index is 1.05. The molecule has 18 saturated heterocycles. The summed E-state index contributed by atoms with van der Waals surface area (Å²) in [6.45, 7) is -10.3. The van der Waals surface area contributed by atoms with Crippen LogP contribution in [0.15, 0.2) is 0 Å². The van der Waals surface area contributed by atoms with E-state index in [1.807, 2.05) is 0 Å². The Morgan fingerprint density at radius 3 is 0.557 bits per heavy atom. The first kappa shape index (κ1) is 72.2. The first-order valence-corrected chi connectivity index (χ1v) is 28.0. The topological polar surface area (TPSA) is 633 Å². The molecule has 39 atom stereocenters. The zero-order chi connectivity index (χ0) is 64.5. The van der Waals surface area contributed by atoms with E-state index in [-0.39, 0.29) is 0 Å². The molecule has 0 aromatic rings. The van der Waals surface area contributed by atoms with E-state index in [0.29, 0.717) is 0 Å². The molecule has 18 aliphatic rings. The second kappa shape index (κ2) is 31.3. The summed E-state index contributed by atoms with van der Waals surface area (Å²) in [5.74, 6) is 0. The molecule has 0 aliphatic carbocycles. The highest BCUT2D eigenvalue weighted by atomic mass is 16.8. The molecule has 18 fully saturated rings. The molecular weight excluding hydrogens is 1220 g/mol. The Morgan fingerprint density at radius 1 is 0.216 bits per heavy atom. The highest BCUT2D eigenvalue weighted by Gasteiger charge is 2.59. The highest BCUT2D eigenvalue weighted by molar-refractivity contribution is 5.01. The van der Waals surface area contributed by atoms with E-state index in [0.717, 1.165) is 6.92 Å². The van der Waals surface area contributed by atoms with Crippen LogP contribution in [-0.4, -0.2) is 415 Å². The molecule has 514 valence electrons. The molecular formula is C48H82O40. The van der Waals surface area contributed by atoms with Gasteiger partial charge >= 0.3 is 0 Å². The summed E-state index contributed by atoms with van der Waals surface area (Å²) < 4.78 is 90.2. The average Bonchev–Trinajstić information content (AvgIpc) is 1.98. The molecule has 0 aromatic heterocycles. The van der Waals surface area contributed by atoms with E-state index in [9.17, 15) is 123 Å². The Labute approximate surface area is 497 Å². The number of hydrogen-bond donors (Lipinski definition) is 24. The minimum absolute atomic E-state index is 1.07. The summed E-state index contributed by atoms with van der Waals surface area (Å²) in [5.41, 5.74) is 0. The van der Waals surface area contributed by atoms with Crippen LogP contribution in [0.25, 0.3) is 0 Å². The summed E-state index contributed by atoms with van der Waals surface area (Å²) in [5, 5.41) is 263. The monoisotopic (exact) mass is 1300 g/mol. The van der Waals surface area contributed by atoms with Crippen molar-refractivity contribution in [2.24, 2.45) is 0 Å². The number of fused-ring (bicyclic) bond motifs is 1. The number of aliphatic hydroxyl groups excluding tert-OH is 24. The van der Waals surface area contributed by atoms with Gasteiger partial charge < -0.3 is 198 Å². The van der Waals surface area contributed by atoms with Crippen LogP contribution in [-0.2, 0) is 75.8 Å². The van der Waals surface area contributed by atoms with Crippen molar-refractivity contribution in [1.29, 1.82) is 0 Å². The summed E-state index contributed by atoms with van der Waals surface area (Å²) in [4.78, 5) is 0. The first-order valence-electron chi connectivity index (χ1n) is 28.0. The molecule has 18 aliphatic heterocycles. The van der Waals surface area contributed by atoms with Crippen molar-refractivity contribution < 1.29 is 198 Å². The lowest BCUT2D eigenvalue weighted by atomic mass is 9.95. The van der Waals surface area contributed by atoms with Gasteiger partial charge in [-0.2, -0.15) is 0 Å². The normalized spacial score (nSPS) is 53.6. The molecule has 18 heterocycles. The highest BCUT2D eigenvalue weighted by Crippen LogP contribution is 2.39. The van der Waals surface area contributed by atoms with Gasteiger partial charge in [0.25, 0.3) is 6.48 Å². The third kappa shape index (κ3) is 14.9. The Hall–Kier alpha value is -1.60. The van der Waals surface area contributed by atoms with Gasteiger partial charge in [-0.3, -0.25) is 0 Å². The van der Waals surface area contributed by atoms with Crippen molar-refractivity contribution in [1.82, 2.24) is 0 Å². The lowest BCUT2D eigenvalue weighted by Gasteiger charge is -2.50. The minimum atomic E-state index is -2.60. The molecule has 0 spiro atoms. The SMILES string of the molecule is C[C@@H](O)[C@@H]1O[C@H]2O[C@H](CO)[C@@H](O[C@H]3O[C@H](CO)[C@@H](O[C@H]4O[C@H](CO)[C@@H](O[C@H]5O[C@H](CO)[C@@H](O[C@H]6O[C@H](CO)[C@@H](O[C@H]7O[C@H](CO)[C@@H](O[C@H]8O[C@H](CO)[C@@H](O[C@H](O)O[C@@H]1CO)[C@H](O)[C@H]8O)[C@H](O)[C@H]7O)[C@H](O)[C@H]6O)[C@H](O)[C@H]5O)[C@H](O)[C@H]4O)[C@H](O)[C@H]3O)[C@H](O)[C@H]2O. The van der Waals surface area contributed by atoms with Gasteiger partial charge in [-0.15, -0.1) is 0 Å². The fourth-order valence-corrected chi connectivity index (χ4v) is 11.5. The zero-order valence-electron chi connectivity index (χ0n) is 46.4. The van der Waals surface area contributed by atoms with Crippen LogP contribution in [0.2, 0.25) is 0 Å². The summed E-state index contributed by atoms with van der Waals surface area (Å²) in [7, 11) is 0. The van der Waals surface area contributed by atoms with Crippen LogP contribution in [0, 0.1) is 0 Å². The third-order valence-electron chi connectivity index (χ3n) is 16.4. The quantitative estimate of drug-likeness (QED) is 0.102. The molecule has 0 amide bonds. The second-order valence-electron chi connectivity index (χ2n) is 22.2. The smallest absolute Gasteiger partial charge is 0.269 e. The van der Waals surface area contributed by atoms with Gasteiger partial charge in [0.2, 0.25) is 0 Å². The fraction of sp³-hybridized carbons (Fsp3) is 1.00. The van der Waals surface area contributed by atoms with Gasteiger partial charge in [-0.25, -0.2) is 0 Å². The van der Waals surface area contributed by atoms with E-state index in [1.165, 1.54) is 0 Å². The molecule has 24 N–H and O–H groups in total. The fourth-order valence-electron chi connectivity index (χ4n) is 11.5. The van der Waals surface area contributed by atoms with Crippen LogP contribution in [0.5, 0.6) is 0 Å². The van der Waals surface area contributed by atoms with E-state index in [1.54, 1.807) is 0 Å². The van der Waals surface area contributed by atoms with Gasteiger partial charge in [0.1, 0.15) is 183 Å². The average molecular weight is 1300 g/mol. The lowest BCUT2D eigenvalue weighted by molar-refractivity contribution is -0.403. The molecule has 40 heteroatoms. The molecule has 0 saturated carbocycles. The van der Waals surface area contributed by atoms with Crippen molar-refractivity contribution in [3.8, 4) is 0 Å². The maximum absolute atomic E-state index is 11.4. The largest absolute Gasteiger partial charge is 0.394 e. The van der Waals surface area contributed by atoms with Crippen molar-refractivity contribution in [3.05, 3.63) is 0 Å². The van der Waals surface area contributed by atoms with Gasteiger partial charge in [-0.1, -0.05) is 0 Å². The van der Waals surface area contributed by atoms with E-state index in [2.05, 4.69) is 0 Å². The van der Waals surface area contributed by atoms with E-state index in [4.69, 9.17) is 75.8 Å². The van der Waals surface area contributed by atoms with Crippen LogP contribution >= 0.6 is 0 Å². The molecule has 0 aromatic carbocycles. The Morgan fingerprint density at radius 2 is 0.386 bits per heavy atom. The maximum atomic E-state index is 11.4. The Bertz CT molecular complexity index is 2080. The second-order valence-corrected chi connectivity index (χ2v) is 22.2. The van der Waals surface area contributed by atoms with Crippen molar-refractivity contribution >= 4 is 0 Å². The lowest BCUT2D eigenvalue weighted by Crippen LogP contribution is -2.68. The zero-order valence-corrected chi connectivity index (χ0v) is 46.4. The summed E-state index contributed by atoms with van der Waals surface area (Å²) in [6, 6.07) is 0. The summed E-state index contributed by atoms with van der Waals surface area (Å²) >= 11 is 0. The van der Waals surface area contributed by atoms with Crippen molar-refractivity contribution in [2.75, 3.05) is 52.9 Å². The molecule has 14 bridgehead atoms. The van der Waals surface area contributed by atoms with Crippen LogP contribution < -0.4 is 0 Å². The van der Waals surface area contributed by atoms with Crippen molar-refractivity contribution in [2.45, 2.75) is 247 Å². The minimum Gasteiger partial charge on any atom is -0.394 e. The number of hydrogen-bond acceptors (Lipinski definition) is 40. The standard InChI is InChI=1S/C48H82O40/c1-10(57)33-11(2-49)80-48(72)88-40-18(9-56)79-47(32(71)25(40)64)87-39-17(8-55)78-46(31(70)24(39)63)86-38-16(7-54)77-45(30(69)23(38)62)85-37-15(6-53)76-44(29(68)22(37)61)84-36-14(5-52)75-43(28(67)21(36)60)83-35-13(4-51)74-42(27(66)20(35)59)82-34-12(3-50)73-41(81-33)26(65)19(34)58/h10-72H,2-9H2,1H3/t10-,11-,12-,13-,14-,15-,16-,17-,18-,19-,20-,21-,22-,23-,24-,25-,26-,27-,28-,29-,30-,31-,32-,33+,34-,35-,36-,37-,38-,39-,40-,41-,42-,43-,44-,45-,46-,47-,48-/m1/s1. The predicted molar refractivity (Wildman–Crippen MR) is 263 cm³/mol. The van der Waals surface area contributed by atoms with Crippen LogP contribution in [0.4, 0.5) is 0 Å². The van der Waals surface area contributed by atoms with Crippen LogP contribution in [0.3, 0.4) is 0 Å². The molecule has 88 heavy (non-hydrogen) atoms. The third-order valence-corrected chi connectivity index (χ3v) is 16.4. The number of aliphatic hydroxyl groups is 24.